The van der Waals surface area contributed by atoms with Crippen LogP contribution in [0.5, 0.6) is 0 Å². The summed E-state index contributed by atoms with van der Waals surface area (Å²) in [4.78, 5) is 13.6. The molecular weight excluding hydrogens is 250 g/mol. The van der Waals surface area contributed by atoms with Crippen LogP contribution < -0.4 is 0 Å². The summed E-state index contributed by atoms with van der Waals surface area (Å²) >= 11 is 0. The van der Waals surface area contributed by atoms with Crippen molar-refractivity contribution in [3.63, 3.8) is 0 Å². The first-order valence-electron chi connectivity index (χ1n) is 6.46. The van der Waals surface area contributed by atoms with Crippen molar-refractivity contribution in [3.05, 3.63) is 60.2 Å². The molecule has 3 heterocycles. The summed E-state index contributed by atoms with van der Waals surface area (Å²) in [7, 11) is 0. The molecule has 0 amide bonds. The van der Waals surface area contributed by atoms with Crippen LogP contribution in [0.15, 0.2) is 54.2 Å². The molecule has 0 aromatic carbocycles. The van der Waals surface area contributed by atoms with E-state index in [9.17, 15) is 0 Å². The lowest BCUT2D eigenvalue weighted by Gasteiger charge is -2.06. The molecule has 0 aliphatic carbocycles. The zero-order valence-electron chi connectivity index (χ0n) is 11.2. The summed E-state index contributed by atoms with van der Waals surface area (Å²) in [6.45, 7) is 4.00. The maximum atomic E-state index is 5.43. The van der Waals surface area contributed by atoms with Gasteiger partial charge in [-0.05, 0) is 18.2 Å². The fraction of sp³-hybridized carbons (Fsp3) is 0.312. The predicted molar refractivity (Wildman–Crippen MR) is 81.5 cm³/mol. The Labute approximate surface area is 120 Å². The highest BCUT2D eigenvalue weighted by Crippen LogP contribution is 2.28. The zero-order valence-corrected chi connectivity index (χ0v) is 11.2. The van der Waals surface area contributed by atoms with Crippen LogP contribution in [0, 0.1) is 0 Å². The van der Waals surface area contributed by atoms with E-state index in [2.05, 4.69) is 15.1 Å². The number of aromatic nitrogens is 2. The molecule has 106 valence electrons. The van der Waals surface area contributed by atoms with Crippen LogP contribution in [-0.2, 0) is 4.84 Å². The van der Waals surface area contributed by atoms with Crippen LogP contribution in [0.25, 0.3) is 0 Å². The van der Waals surface area contributed by atoms with Crippen LogP contribution in [0.4, 0.5) is 0 Å². The van der Waals surface area contributed by atoms with E-state index in [1.54, 1.807) is 18.6 Å². The van der Waals surface area contributed by atoms with Gasteiger partial charge in [0.05, 0.1) is 5.71 Å². The van der Waals surface area contributed by atoms with Crippen LogP contribution in [0.1, 0.15) is 44.9 Å². The molecule has 0 saturated carbocycles. The summed E-state index contributed by atoms with van der Waals surface area (Å²) in [5, 5.41) is 4.11. The first kappa shape index (κ1) is 15.8. The summed E-state index contributed by atoms with van der Waals surface area (Å²) in [5.74, 6) is 0. The average Bonchev–Trinajstić information content (AvgIpc) is 3.01. The van der Waals surface area contributed by atoms with E-state index >= 15 is 0 Å². The molecule has 2 aromatic heterocycles. The number of hydrogen-bond donors (Lipinski definition) is 0. The lowest BCUT2D eigenvalue weighted by molar-refractivity contribution is 0.0855. The quantitative estimate of drug-likeness (QED) is 0.829. The Bertz CT molecular complexity index is 526. The molecule has 3 rings (SSSR count). The maximum Gasteiger partial charge on any atom is 0.159 e. The van der Waals surface area contributed by atoms with Gasteiger partial charge in [0.15, 0.2) is 6.10 Å². The Morgan fingerprint density at radius 2 is 1.75 bits per heavy atom. The third-order valence-electron chi connectivity index (χ3n) is 2.72. The van der Waals surface area contributed by atoms with E-state index in [1.165, 1.54) is 0 Å². The fourth-order valence-corrected chi connectivity index (χ4v) is 1.83. The molecule has 4 heteroatoms. The van der Waals surface area contributed by atoms with Crippen molar-refractivity contribution in [1.29, 1.82) is 0 Å². The minimum absolute atomic E-state index is 0. The van der Waals surface area contributed by atoms with Gasteiger partial charge in [0.2, 0.25) is 0 Å². The highest BCUT2D eigenvalue weighted by Gasteiger charge is 2.23. The number of rotatable bonds is 2. The third-order valence-corrected chi connectivity index (χ3v) is 2.72. The van der Waals surface area contributed by atoms with Crippen molar-refractivity contribution >= 4 is 5.71 Å². The second-order valence-electron chi connectivity index (χ2n) is 3.86. The summed E-state index contributed by atoms with van der Waals surface area (Å²) < 4.78 is 0. The van der Waals surface area contributed by atoms with E-state index in [4.69, 9.17) is 4.84 Å². The zero-order chi connectivity index (χ0) is 13.5. The normalized spacial score (nSPS) is 16.1. The third kappa shape index (κ3) is 3.63. The van der Waals surface area contributed by atoms with E-state index in [0.717, 1.165) is 23.3 Å². The minimum Gasteiger partial charge on any atom is -0.387 e. The molecule has 20 heavy (non-hydrogen) atoms. The Morgan fingerprint density at radius 1 is 1.05 bits per heavy atom. The smallest absolute Gasteiger partial charge is 0.159 e. The number of nitrogens with zero attached hydrogens (tertiary/aromatic N) is 3. The largest absolute Gasteiger partial charge is 0.387 e. The first-order valence-corrected chi connectivity index (χ1v) is 6.46. The highest BCUT2D eigenvalue weighted by atomic mass is 16.6. The Kier molecular flexibility index (Phi) is 6.37. The van der Waals surface area contributed by atoms with Crippen LogP contribution in [0.2, 0.25) is 0 Å². The Hall–Kier alpha value is -2.23. The van der Waals surface area contributed by atoms with Crippen molar-refractivity contribution in [2.45, 2.75) is 33.8 Å². The van der Waals surface area contributed by atoms with Gasteiger partial charge in [-0.1, -0.05) is 32.5 Å². The van der Waals surface area contributed by atoms with E-state index in [1.807, 2.05) is 44.3 Å². The molecule has 4 nitrogen and oxygen atoms in total. The van der Waals surface area contributed by atoms with E-state index < -0.39 is 0 Å². The SMILES string of the molecule is C.CC.c1cncc(C2=NOC(c3cccnc3)C2)c1. The number of pyridine rings is 2. The molecule has 0 saturated heterocycles. The molecule has 0 bridgehead atoms. The van der Waals surface area contributed by atoms with Gasteiger partial charge >= 0.3 is 0 Å². The second kappa shape index (κ2) is 8.04. The molecule has 1 atom stereocenters. The minimum atomic E-state index is -0.0288. The van der Waals surface area contributed by atoms with E-state index in [-0.39, 0.29) is 13.5 Å². The van der Waals surface area contributed by atoms with Gasteiger partial charge in [0.1, 0.15) is 0 Å². The van der Waals surface area contributed by atoms with Crippen LogP contribution >= 0.6 is 0 Å². The van der Waals surface area contributed by atoms with Gasteiger partial charge in [-0.2, -0.15) is 0 Å². The van der Waals surface area contributed by atoms with Gasteiger partial charge < -0.3 is 4.84 Å². The van der Waals surface area contributed by atoms with Crippen molar-refractivity contribution in [2.75, 3.05) is 0 Å². The van der Waals surface area contributed by atoms with Gasteiger partial charge in [-0.3, -0.25) is 9.97 Å². The molecule has 0 radical (unpaired) electrons. The Morgan fingerprint density at radius 3 is 2.35 bits per heavy atom. The van der Waals surface area contributed by atoms with Gasteiger partial charge in [0.25, 0.3) is 0 Å². The standard InChI is InChI=1S/C13H11N3O.C2H6.CH4/c1-3-10(8-14-5-1)12-7-13(17-16-12)11-4-2-6-15-9-11;1-2;/h1-6,8-9,13H,7H2;1-2H3;1H4. The monoisotopic (exact) mass is 271 g/mol. The second-order valence-corrected chi connectivity index (χ2v) is 3.86. The number of oxime groups is 1. The van der Waals surface area contributed by atoms with Crippen molar-refractivity contribution in [2.24, 2.45) is 5.16 Å². The lowest BCUT2D eigenvalue weighted by Crippen LogP contribution is -2.01. The van der Waals surface area contributed by atoms with Crippen LogP contribution in [-0.4, -0.2) is 15.7 Å². The topological polar surface area (TPSA) is 47.4 Å². The van der Waals surface area contributed by atoms with Crippen LogP contribution in [0.3, 0.4) is 0 Å². The molecule has 0 spiro atoms. The van der Waals surface area contributed by atoms with Crippen molar-refractivity contribution < 1.29 is 4.84 Å². The number of hydrogen-bond acceptors (Lipinski definition) is 4. The molecule has 1 unspecified atom stereocenters. The molecule has 0 N–H and O–H groups in total. The summed E-state index contributed by atoms with van der Waals surface area (Å²) in [6, 6.07) is 7.79. The van der Waals surface area contributed by atoms with Gasteiger partial charge in [-0.15, -0.1) is 0 Å². The maximum absolute atomic E-state index is 5.43. The fourth-order valence-electron chi connectivity index (χ4n) is 1.83. The summed E-state index contributed by atoms with van der Waals surface area (Å²) in [6.07, 6.45) is 7.84. The van der Waals surface area contributed by atoms with E-state index in [0.29, 0.717) is 0 Å². The molecular formula is C16H21N3O. The summed E-state index contributed by atoms with van der Waals surface area (Å²) in [5.41, 5.74) is 3.00. The lowest BCUT2D eigenvalue weighted by atomic mass is 10.0. The Balaban J connectivity index is 0.000000639. The highest BCUT2D eigenvalue weighted by molar-refractivity contribution is 6.01. The molecule has 0 fully saturated rings. The molecule has 1 aliphatic rings. The first-order chi connectivity index (χ1) is 9.43. The molecule has 1 aliphatic heterocycles. The van der Waals surface area contributed by atoms with Gasteiger partial charge in [0, 0.05) is 42.3 Å². The van der Waals surface area contributed by atoms with Crippen molar-refractivity contribution in [3.8, 4) is 0 Å². The van der Waals surface area contributed by atoms with Gasteiger partial charge in [-0.25, -0.2) is 0 Å². The average molecular weight is 271 g/mol. The predicted octanol–water partition coefficient (Wildman–Crippen LogP) is 4.00. The van der Waals surface area contributed by atoms with Crippen molar-refractivity contribution in [1.82, 2.24) is 9.97 Å². The molecule has 2 aromatic rings.